The second kappa shape index (κ2) is 6.74. The molecule has 126 valence electrons. The van der Waals surface area contributed by atoms with Gasteiger partial charge in [0.15, 0.2) is 0 Å². The Balaban J connectivity index is 2.90. The Labute approximate surface area is 145 Å². The summed E-state index contributed by atoms with van der Waals surface area (Å²) in [4.78, 5) is 0. The van der Waals surface area contributed by atoms with E-state index in [1.807, 2.05) is 55.4 Å². The minimum atomic E-state index is -2.43. The molecule has 0 spiro atoms. The lowest BCUT2D eigenvalue weighted by atomic mass is 9.19. The third-order valence-electron chi connectivity index (χ3n) is 5.72. The lowest BCUT2D eigenvalue weighted by Gasteiger charge is -2.25. The summed E-state index contributed by atoms with van der Waals surface area (Å²) in [5.74, 6) is 0. The van der Waals surface area contributed by atoms with E-state index in [0.29, 0.717) is 0 Å². The van der Waals surface area contributed by atoms with Gasteiger partial charge in [-0.1, -0.05) is 45.3 Å². The third kappa shape index (κ3) is 3.03. The second-order valence-corrected chi connectivity index (χ2v) is 7.16. The first kappa shape index (κ1) is 18.8. The van der Waals surface area contributed by atoms with E-state index in [0.717, 1.165) is 55.4 Å². The van der Waals surface area contributed by atoms with Crippen molar-refractivity contribution in [2.75, 3.05) is 0 Å². The van der Waals surface area contributed by atoms with Gasteiger partial charge >= 0.3 is 7.16 Å². The van der Waals surface area contributed by atoms with Crippen LogP contribution in [0.25, 0.3) is 0 Å². The minimum Gasteiger partial charge on any atom is -0.297 e. The van der Waals surface area contributed by atoms with E-state index in [1.54, 1.807) is 0 Å². The average molecular weight is 326 g/mol. The molecule has 2 rings (SSSR count). The first-order chi connectivity index (χ1) is 11.1. The third-order valence-corrected chi connectivity index (χ3v) is 5.72. The quantitative estimate of drug-likeness (QED) is 0.739. The maximum Gasteiger partial charge on any atom is 0.504 e. The van der Waals surface area contributed by atoms with Crippen LogP contribution in [-0.2, 0) is 0 Å². The van der Waals surface area contributed by atoms with Gasteiger partial charge in [0, 0.05) is 0 Å². The highest BCUT2D eigenvalue weighted by Gasteiger charge is 2.40. The molecule has 0 unspecified atom stereocenters. The molecule has 0 nitrogen and oxygen atoms in total. The highest BCUT2D eigenvalue weighted by atomic mass is 19.2. The predicted octanol–water partition coefficient (Wildman–Crippen LogP) is 4.27. The second-order valence-electron chi connectivity index (χ2n) is 7.16. The molecule has 0 aliphatic rings. The summed E-state index contributed by atoms with van der Waals surface area (Å²) in [6.07, 6.45) is 0. The lowest BCUT2D eigenvalue weighted by Crippen LogP contribution is -2.55. The van der Waals surface area contributed by atoms with E-state index in [1.165, 1.54) is 0 Å². The summed E-state index contributed by atoms with van der Waals surface area (Å²) < 4.78 is 28.6. The van der Waals surface area contributed by atoms with E-state index >= 15 is 0 Å². The summed E-state index contributed by atoms with van der Waals surface area (Å²) in [5, 5.41) is 0. The van der Waals surface area contributed by atoms with Crippen LogP contribution in [0.4, 0.5) is 8.63 Å². The fraction of sp³-hybridized carbons (Fsp3) is 0.400. The SMILES string of the molecule is Cc1cc(C)c(C)c(B(B(F)F)c2c(C)c(C)cc(C)c2C)c1C. The number of rotatable bonds is 3. The fourth-order valence-electron chi connectivity index (χ4n) is 3.82. The number of benzene rings is 2. The van der Waals surface area contributed by atoms with Gasteiger partial charge in [0.2, 0.25) is 0 Å². The largest absolute Gasteiger partial charge is 0.504 e. The average Bonchev–Trinajstić information content (AvgIpc) is 2.49. The van der Waals surface area contributed by atoms with Gasteiger partial charge in [-0.15, -0.1) is 0 Å². The van der Waals surface area contributed by atoms with Crippen molar-refractivity contribution in [3.63, 3.8) is 0 Å². The summed E-state index contributed by atoms with van der Waals surface area (Å²) in [5.41, 5.74) is 9.89. The summed E-state index contributed by atoms with van der Waals surface area (Å²) in [6, 6.07) is 4.19. The van der Waals surface area contributed by atoms with E-state index in [-0.39, 0.29) is 0 Å². The Morgan fingerprint density at radius 1 is 0.542 bits per heavy atom. The topological polar surface area (TPSA) is 0 Å². The van der Waals surface area contributed by atoms with E-state index in [9.17, 15) is 8.63 Å². The zero-order chi connectivity index (χ0) is 18.3. The smallest absolute Gasteiger partial charge is 0.297 e. The molecular weight excluding hydrogens is 300 g/mol. The van der Waals surface area contributed by atoms with Crippen molar-refractivity contribution in [1.29, 1.82) is 0 Å². The van der Waals surface area contributed by atoms with Crippen LogP contribution in [0.5, 0.6) is 0 Å². The molecule has 0 amide bonds. The number of hydrogen-bond acceptors (Lipinski definition) is 0. The highest BCUT2D eigenvalue weighted by Crippen LogP contribution is 2.19. The van der Waals surface area contributed by atoms with Crippen LogP contribution in [-0.4, -0.2) is 13.8 Å². The fourth-order valence-corrected chi connectivity index (χ4v) is 3.82. The molecule has 0 aromatic heterocycles. The molecular formula is C20H26B2F2. The number of halogens is 2. The molecule has 0 saturated carbocycles. The van der Waals surface area contributed by atoms with Crippen molar-refractivity contribution < 1.29 is 8.63 Å². The van der Waals surface area contributed by atoms with Crippen molar-refractivity contribution in [1.82, 2.24) is 0 Å². The van der Waals surface area contributed by atoms with Crippen LogP contribution in [0.15, 0.2) is 12.1 Å². The van der Waals surface area contributed by atoms with Gasteiger partial charge in [0.05, 0.1) is 0 Å². The van der Waals surface area contributed by atoms with Gasteiger partial charge in [-0.3, -0.25) is 8.63 Å². The monoisotopic (exact) mass is 326 g/mol. The summed E-state index contributed by atoms with van der Waals surface area (Å²) in [7, 11) is -2.43. The molecule has 0 saturated heterocycles. The first-order valence-electron chi connectivity index (χ1n) is 8.50. The molecule has 2 aromatic rings. The van der Waals surface area contributed by atoms with Gasteiger partial charge in [0.1, 0.15) is 0 Å². The van der Waals surface area contributed by atoms with Gasteiger partial charge < -0.3 is 0 Å². The highest BCUT2D eigenvalue weighted by molar-refractivity contribution is 7.29. The van der Waals surface area contributed by atoms with Crippen molar-refractivity contribution in [2.24, 2.45) is 0 Å². The predicted molar refractivity (Wildman–Crippen MR) is 104 cm³/mol. The number of aryl methyl sites for hydroxylation is 4. The Morgan fingerprint density at radius 3 is 1.00 bits per heavy atom. The Morgan fingerprint density at radius 2 is 0.792 bits per heavy atom. The summed E-state index contributed by atoms with van der Waals surface area (Å²) >= 11 is 0. The van der Waals surface area contributed by atoms with Crippen LogP contribution in [0, 0.1) is 55.4 Å². The molecule has 0 fully saturated rings. The normalized spacial score (nSPS) is 10.9. The molecule has 0 aliphatic carbocycles. The van der Waals surface area contributed by atoms with Crippen LogP contribution >= 0.6 is 0 Å². The van der Waals surface area contributed by atoms with Crippen LogP contribution in [0.3, 0.4) is 0 Å². The van der Waals surface area contributed by atoms with Crippen molar-refractivity contribution in [3.8, 4) is 0 Å². The van der Waals surface area contributed by atoms with Crippen molar-refractivity contribution >= 4 is 24.7 Å². The van der Waals surface area contributed by atoms with E-state index in [2.05, 4.69) is 12.1 Å². The Kier molecular flexibility index (Phi) is 5.27. The molecule has 0 bridgehead atoms. The molecule has 0 N–H and O–H groups in total. The number of hydrogen-bond donors (Lipinski definition) is 0. The Bertz CT molecular complexity index is 679. The van der Waals surface area contributed by atoms with Crippen molar-refractivity contribution in [2.45, 2.75) is 55.4 Å². The molecule has 0 atom stereocenters. The maximum atomic E-state index is 14.3. The van der Waals surface area contributed by atoms with Gasteiger partial charge in [-0.05, 0) is 77.6 Å². The molecule has 0 aliphatic heterocycles. The molecule has 4 heteroatoms. The lowest BCUT2D eigenvalue weighted by molar-refractivity contribution is 0.695. The zero-order valence-corrected chi connectivity index (χ0v) is 16.1. The van der Waals surface area contributed by atoms with Gasteiger partial charge in [0.25, 0.3) is 6.60 Å². The molecule has 24 heavy (non-hydrogen) atoms. The summed E-state index contributed by atoms with van der Waals surface area (Å²) in [6.45, 7) is 15.1. The zero-order valence-electron chi connectivity index (χ0n) is 16.1. The van der Waals surface area contributed by atoms with Crippen LogP contribution in [0.2, 0.25) is 0 Å². The van der Waals surface area contributed by atoms with E-state index < -0.39 is 13.8 Å². The van der Waals surface area contributed by atoms with Gasteiger partial charge in [-0.25, -0.2) is 0 Å². The van der Waals surface area contributed by atoms with E-state index in [4.69, 9.17) is 0 Å². The van der Waals surface area contributed by atoms with Crippen LogP contribution < -0.4 is 10.9 Å². The minimum absolute atomic E-state index is 0.804. The molecule has 0 heterocycles. The molecule has 0 radical (unpaired) electrons. The Hall–Kier alpha value is -1.57. The first-order valence-corrected chi connectivity index (χ1v) is 8.50. The standard InChI is InChI=1S/C20H26B2F2/c1-11-9-12(2)16(6)19(15(11)5)21(22(23)24)20-17(7)13(3)10-14(4)18(20)8/h9-10H,1-8H3. The van der Waals surface area contributed by atoms with Gasteiger partial charge in [-0.2, -0.15) is 0 Å². The van der Waals surface area contributed by atoms with Crippen LogP contribution in [0.1, 0.15) is 44.5 Å². The maximum absolute atomic E-state index is 14.3. The molecule has 2 aromatic carbocycles. The van der Waals surface area contributed by atoms with Crippen molar-refractivity contribution in [3.05, 3.63) is 56.6 Å².